The monoisotopic (exact) mass is 301 g/mol. The van der Waals surface area contributed by atoms with Crippen molar-refractivity contribution < 1.29 is 27.3 Å². The lowest BCUT2D eigenvalue weighted by Gasteiger charge is -2.18. The van der Waals surface area contributed by atoms with E-state index in [1.807, 2.05) is 0 Å². The Morgan fingerprint density at radius 2 is 2.00 bits per heavy atom. The summed E-state index contributed by atoms with van der Waals surface area (Å²) in [6, 6.07) is 4.15. The van der Waals surface area contributed by atoms with Crippen LogP contribution in [0, 0.1) is 0 Å². The molecule has 8 heteroatoms. The zero-order chi connectivity index (χ0) is 15.5. The minimum Gasteiger partial charge on any atom is -0.398 e. The number of hydrogen-bond donors (Lipinski definition) is 2. The Kier molecular flexibility index (Phi) is 4.98. The zero-order valence-corrected chi connectivity index (χ0v) is 11.8. The van der Waals surface area contributed by atoms with E-state index in [4.69, 9.17) is 15.0 Å². The molecule has 20 heavy (non-hydrogen) atoms. The highest BCUT2D eigenvalue weighted by Crippen LogP contribution is 2.31. The summed E-state index contributed by atoms with van der Waals surface area (Å²) in [6.45, 7) is 1.24. The first-order chi connectivity index (χ1) is 9.18. The van der Waals surface area contributed by atoms with Crippen LogP contribution < -0.4 is 5.73 Å². The van der Waals surface area contributed by atoms with Crippen molar-refractivity contribution in [3.05, 3.63) is 29.3 Å². The molecule has 1 atom stereocenters. The lowest BCUT2D eigenvalue weighted by Crippen LogP contribution is -2.20. The molecule has 1 rings (SSSR count). The predicted molar refractivity (Wildman–Crippen MR) is 71.8 cm³/mol. The first kappa shape index (κ1) is 16.3. The molecular formula is C12H15NO6S. The van der Waals surface area contributed by atoms with Gasteiger partial charge in [-0.2, -0.15) is 8.42 Å². The number of benzene rings is 1. The quantitative estimate of drug-likeness (QED) is 0.347. The number of rotatable bonds is 6. The minimum absolute atomic E-state index is 0.0242. The fraction of sp³-hybridized carbons (Fsp3) is 0.333. The molecule has 0 heterocycles. The lowest BCUT2D eigenvalue weighted by atomic mass is 9.99. The first-order valence-corrected chi connectivity index (χ1v) is 7.09. The second kappa shape index (κ2) is 6.12. The van der Waals surface area contributed by atoms with Gasteiger partial charge < -0.3 is 10.5 Å². The van der Waals surface area contributed by atoms with E-state index in [0.29, 0.717) is 0 Å². The van der Waals surface area contributed by atoms with Crippen LogP contribution in [0.5, 0.6) is 0 Å². The molecular weight excluding hydrogens is 286 g/mol. The molecule has 0 spiro atoms. The Balaban J connectivity index is 3.45. The molecule has 0 radical (unpaired) electrons. The van der Waals surface area contributed by atoms with Gasteiger partial charge in [0.15, 0.2) is 5.78 Å². The molecule has 3 N–H and O–H groups in total. The summed E-state index contributed by atoms with van der Waals surface area (Å²) >= 11 is 0. The molecule has 1 aromatic rings. The maximum Gasteiger partial charge on any atom is 0.296 e. The number of nitrogens with two attached hydrogens (primary N) is 1. The average molecular weight is 301 g/mol. The fourth-order valence-corrected chi connectivity index (χ4v) is 2.60. The van der Waals surface area contributed by atoms with Crippen molar-refractivity contribution in [3.63, 3.8) is 0 Å². The number of anilines is 1. The summed E-state index contributed by atoms with van der Waals surface area (Å²) in [5.41, 5.74) is 3.64. The van der Waals surface area contributed by atoms with Crippen molar-refractivity contribution in [1.29, 1.82) is 0 Å². The molecule has 0 fully saturated rings. The Morgan fingerprint density at radius 3 is 2.45 bits per heavy atom. The molecule has 0 aromatic heterocycles. The summed E-state index contributed by atoms with van der Waals surface area (Å²) < 4.78 is 36.5. The van der Waals surface area contributed by atoms with Gasteiger partial charge >= 0.3 is 0 Å². The summed E-state index contributed by atoms with van der Waals surface area (Å²) in [6.07, 6.45) is -0.391. The maximum atomic E-state index is 12.0. The molecule has 0 saturated heterocycles. The van der Waals surface area contributed by atoms with Gasteiger partial charge in [-0.15, -0.1) is 0 Å². The average Bonchev–Trinajstić information content (AvgIpc) is 2.29. The van der Waals surface area contributed by atoms with Crippen molar-refractivity contribution in [2.75, 3.05) is 12.8 Å². The Hall–Kier alpha value is -1.77. The molecule has 0 aliphatic carbocycles. The van der Waals surface area contributed by atoms with E-state index in [9.17, 15) is 18.0 Å². The Labute approximate surface area is 116 Å². The summed E-state index contributed by atoms with van der Waals surface area (Å²) in [5.74, 6) is -0.963. The van der Waals surface area contributed by atoms with Crippen LogP contribution in [0.4, 0.5) is 5.69 Å². The fourth-order valence-electron chi connectivity index (χ4n) is 1.80. The smallest absolute Gasteiger partial charge is 0.296 e. The van der Waals surface area contributed by atoms with Gasteiger partial charge in [0, 0.05) is 23.9 Å². The number of hydrogen-bond acceptors (Lipinski definition) is 6. The Bertz CT molecular complexity index is 637. The highest BCUT2D eigenvalue weighted by Gasteiger charge is 2.31. The minimum atomic E-state index is -4.61. The van der Waals surface area contributed by atoms with E-state index in [1.54, 1.807) is 0 Å². The molecule has 110 valence electrons. The normalized spacial score (nSPS) is 12.9. The number of carbonyl (C=O) groups is 2. The molecule has 1 aromatic carbocycles. The second-order valence-corrected chi connectivity index (χ2v) is 5.65. The number of carbonyl (C=O) groups excluding carboxylic acids is 2. The highest BCUT2D eigenvalue weighted by molar-refractivity contribution is 7.85. The van der Waals surface area contributed by atoms with Gasteiger partial charge in [0.25, 0.3) is 10.1 Å². The van der Waals surface area contributed by atoms with E-state index >= 15 is 0 Å². The van der Waals surface area contributed by atoms with Crippen molar-refractivity contribution in [2.45, 2.75) is 18.8 Å². The summed E-state index contributed by atoms with van der Waals surface area (Å²) in [4.78, 5) is 23.0. The van der Waals surface area contributed by atoms with E-state index in [2.05, 4.69) is 0 Å². The van der Waals surface area contributed by atoms with Crippen LogP contribution in [-0.4, -0.2) is 31.6 Å². The number of nitrogen functional groups attached to an aromatic ring is 1. The third-order valence-corrected chi connectivity index (χ3v) is 3.54. The van der Waals surface area contributed by atoms with Gasteiger partial charge in [0.1, 0.15) is 5.78 Å². The van der Waals surface area contributed by atoms with Crippen molar-refractivity contribution in [2.24, 2.45) is 0 Å². The molecule has 0 bridgehead atoms. The van der Waals surface area contributed by atoms with Gasteiger partial charge in [0.2, 0.25) is 5.44 Å². The van der Waals surface area contributed by atoms with Crippen LogP contribution in [0.15, 0.2) is 18.2 Å². The van der Waals surface area contributed by atoms with Crippen LogP contribution in [-0.2, 0) is 19.6 Å². The third kappa shape index (κ3) is 3.62. The van der Waals surface area contributed by atoms with Gasteiger partial charge in [0.05, 0.1) is 6.42 Å². The number of Topliss-reactive ketones (excluding diaryl/α,β-unsaturated/α-hetero) is 2. The van der Waals surface area contributed by atoms with Crippen LogP contribution in [0.3, 0.4) is 0 Å². The zero-order valence-electron chi connectivity index (χ0n) is 11.0. The molecule has 0 amide bonds. The van der Waals surface area contributed by atoms with E-state index < -0.39 is 27.8 Å². The first-order valence-electron chi connectivity index (χ1n) is 5.58. The SMILES string of the molecule is COC(c1c(N)cccc1C(=O)CC(C)=O)S(=O)(=O)O. The van der Waals surface area contributed by atoms with Gasteiger partial charge in [-0.1, -0.05) is 12.1 Å². The van der Waals surface area contributed by atoms with Crippen molar-refractivity contribution >= 4 is 27.4 Å². The predicted octanol–water partition coefficient (Wildman–Crippen LogP) is 0.963. The number of methoxy groups -OCH3 is 1. The van der Waals surface area contributed by atoms with Gasteiger partial charge in [-0.25, -0.2) is 0 Å². The number of ether oxygens (including phenoxy) is 1. The summed E-state index contributed by atoms with van der Waals surface area (Å²) in [5, 5.41) is 0. The topological polar surface area (TPSA) is 124 Å². The standard InChI is InChI=1S/C12H15NO6S/c1-7(14)6-10(15)8-4-3-5-9(13)11(8)12(19-2)20(16,17)18/h3-5,12H,6,13H2,1-2H3,(H,16,17,18). The van der Waals surface area contributed by atoms with Crippen LogP contribution in [0.2, 0.25) is 0 Å². The Morgan fingerprint density at radius 1 is 1.40 bits per heavy atom. The molecule has 0 aliphatic heterocycles. The second-order valence-electron chi connectivity index (χ2n) is 4.19. The summed E-state index contributed by atoms with van der Waals surface area (Å²) in [7, 11) is -3.55. The van der Waals surface area contributed by atoms with Crippen LogP contribution in [0.1, 0.15) is 34.7 Å². The van der Waals surface area contributed by atoms with E-state index in [-0.39, 0.29) is 22.6 Å². The largest absolute Gasteiger partial charge is 0.398 e. The van der Waals surface area contributed by atoms with Gasteiger partial charge in [-0.05, 0) is 13.0 Å². The van der Waals surface area contributed by atoms with Gasteiger partial charge in [-0.3, -0.25) is 14.1 Å². The molecule has 7 nitrogen and oxygen atoms in total. The van der Waals surface area contributed by atoms with E-state index in [0.717, 1.165) is 7.11 Å². The van der Waals surface area contributed by atoms with Crippen molar-refractivity contribution in [1.82, 2.24) is 0 Å². The number of ketones is 2. The maximum absolute atomic E-state index is 12.0. The molecule has 1 unspecified atom stereocenters. The lowest BCUT2D eigenvalue weighted by molar-refractivity contribution is -0.116. The highest BCUT2D eigenvalue weighted by atomic mass is 32.2. The molecule has 0 aliphatic rings. The van der Waals surface area contributed by atoms with E-state index in [1.165, 1.54) is 25.1 Å². The van der Waals surface area contributed by atoms with Crippen molar-refractivity contribution in [3.8, 4) is 0 Å². The molecule has 0 saturated carbocycles. The third-order valence-electron chi connectivity index (χ3n) is 2.57. The van der Waals surface area contributed by atoms with Crippen LogP contribution in [0.25, 0.3) is 0 Å². The van der Waals surface area contributed by atoms with Crippen LogP contribution >= 0.6 is 0 Å².